The summed E-state index contributed by atoms with van der Waals surface area (Å²) < 4.78 is 2.04. The van der Waals surface area contributed by atoms with E-state index < -0.39 is 0 Å². The van der Waals surface area contributed by atoms with Gasteiger partial charge in [0.2, 0.25) is 0 Å². The maximum atomic E-state index is 6.13. The van der Waals surface area contributed by atoms with Gasteiger partial charge in [-0.25, -0.2) is 9.97 Å². The van der Waals surface area contributed by atoms with Gasteiger partial charge < -0.3 is 11.1 Å². The van der Waals surface area contributed by atoms with Gasteiger partial charge in [0.15, 0.2) is 11.5 Å². The second-order valence-corrected chi connectivity index (χ2v) is 7.74. The van der Waals surface area contributed by atoms with Gasteiger partial charge in [-0.15, -0.1) is 0 Å². The third-order valence-corrected chi connectivity index (χ3v) is 5.78. The average Bonchev–Trinajstić information content (AvgIpc) is 3.15. The van der Waals surface area contributed by atoms with Crippen LogP contribution in [-0.2, 0) is 0 Å². The quantitative estimate of drug-likeness (QED) is 0.496. The number of nitrogen functional groups attached to an aromatic ring is 1. The number of benzene rings is 2. The lowest BCUT2D eigenvalue weighted by Gasteiger charge is -2.24. The Balaban J connectivity index is 1.56. The van der Waals surface area contributed by atoms with Crippen molar-refractivity contribution in [1.29, 1.82) is 0 Å². The molecule has 0 saturated heterocycles. The first kappa shape index (κ1) is 17.7. The number of nitrogens with one attached hydrogen (secondary N) is 1. The maximum Gasteiger partial charge on any atom is 0.182 e. The molecule has 0 aliphatic heterocycles. The highest BCUT2D eigenvalue weighted by atomic mass is 15.2. The van der Waals surface area contributed by atoms with Crippen molar-refractivity contribution in [2.45, 2.75) is 38.1 Å². The number of fused-ring (bicyclic) bond motifs is 1. The lowest BCUT2D eigenvalue weighted by atomic mass is 9.95. The number of aromatic nitrogens is 3. The van der Waals surface area contributed by atoms with E-state index in [0.29, 0.717) is 17.5 Å². The van der Waals surface area contributed by atoms with E-state index in [1.165, 1.54) is 43.2 Å². The van der Waals surface area contributed by atoms with Crippen molar-refractivity contribution in [3.05, 3.63) is 67.0 Å². The van der Waals surface area contributed by atoms with E-state index in [2.05, 4.69) is 58.8 Å². The molecule has 2 aromatic heterocycles. The Morgan fingerprint density at radius 3 is 2.31 bits per heavy atom. The largest absolute Gasteiger partial charge is 0.381 e. The standard InChI is InChI=1S/C24H25N5/c25-22-24-28-21(19-13-11-18(12-14-19)17-7-3-1-4-8-17)23(29(24)16-15-26-22)27-20-9-5-2-6-10-20/h1,3-4,7-8,11-16,20,27H,2,5-6,9-10H2,(H2,25,26). The molecule has 0 amide bonds. The van der Waals surface area contributed by atoms with Gasteiger partial charge in [0, 0.05) is 24.0 Å². The lowest BCUT2D eigenvalue weighted by Crippen LogP contribution is -2.23. The highest BCUT2D eigenvalue weighted by Gasteiger charge is 2.20. The van der Waals surface area contributed by atoms with Crippen molar-refractivity contribution in [3.63, 3.8) is 0 Å². The van der Waals surface area contributed by atoms with Crippen molar-refractivity contribution >= 4 is 17.3 Å². The summed E-state index contributed by atoms with van der Waals surface area (Å²) >= 11 is 0. The molecular weight excluding hydrogens is 358 g/mol. The third kappa shape index (κ3) is 3.44. The lowest BCUT2D eigenvalue weighted by molar-refractivity contribution is 0.462. The van der Waals surface area contributed by atoms with Crippen LogP contribution in [0.3, 0.4) is 0 Å². The Bertz CT molecular complexity index is 1110. The van der Waals surface area contributed by atoms with E-state index in [0.717, 1.165) is 17.1 Å². The van der Waals surface area contributed by atoms with Gasteiger partial charge >= 0.3 is 0 Å². The fourth-order valence-corrected chi connectivity index (χ4v) is 4.23. The normalized spacial score (nSPS) is 14.9. The summed E-state index contributed by atoms with van der Waals surface area (Å²) in [5, 5.41) is 3.76. The molecule has 5 nitrogen and oxygen atoms in total. The van der Waals surface area contributed by atoms with Crippen molar-refractivity contribution in [1.82, 2.24) is 14.4 Å². The fourth-order valence-electron chi connectivity index (χ4n) is 4.23. The average molecular weight is 383 g/mol. The summed E-state index contributed by atoms with van der Waals surface area (Å²) in [6, 6.07) is 19.5. The summed E-state index contributed by atoms with van der Waals surface area (Å²) in [6.07, 6.45) is 9.94. The molecule has 3 N–H and O–H groups in total. The summed E-state index contributed by atoms with van der Waals surface area (Å²) in [7, 11) is 0. The van der Waals surface area contributed by atoms with E-state index in [1.54, 1.807) is 6.20 Å². The molecule has 1 fully saturated rings. The second kappa shape index (κ2) is 7.59. The van der Waals surface area contributed by atoms with E-state index >= 15 is 0 Å². The third-order valence-electron chi connectivity index (χ3n) is 5.78. The van der Waals surface area contributed by atoms with E-state index in [4.69, 9.17) is 10.7 Å². The van der Waals surface area contributed by atoms with Gasteiger partial charge in [-0.05, 0) is 24.0 Å². The minimum atomic E-state index is 0.450. The molecule has 5 heteroatoms. The molecule has 0 atom stereocenters. The summed E-state index contributed by atoms with van der Waals surface area (Å²) in [5.74, 6) is 1.46. The zero-order chi connectivity index (χ0) is 19.6. The zero-order valence-electron chi connectivity index (χ0n) is 16.4. The Hall–Kier alpha value is -3.34. The summed E-state index contributed by atoms with van der Waals surface area (Å²) in [4.78, 5) is 9.09. The van der Waals surface area contributed by atoms with Crippen LogP contribution in [0.25, 0.3) is 28.0 Å². The highest BCUT2D eigenvalue weighted by molar-refractivity contribution is 5.81. The summed E-state index contributed by atoms with van der Waals surface area (Å²) in [6.45, 7) is 0. The van der Waals surface area contributed by atoms with Crippen LogP contribution in [0.5, 0.6) is 0 Å². The minimum absolute atomic E-state index is 0.450. The maximum absolute atomic E-state index is 6.13. The Kier molecular flexibility index (Phi) is 4.64. The molecule has 0 spiro atoms. The van der Waals surface area contributed by atoms with Crippen LogP contribution in [0.2, 0.25) is 0 Å². The number of nitrogens with zero attached hydrogens (tertiary/aromatic N) is 3. The Labute approximate surface area is 170 Å². The van der Waals surface area contributed by atoms with Gasteiger partial charge in [-0.2, -0.15) is 0 Å². The van der Waals surface area contributed by atoms with E-state index in [9.17, 15) is 0 Å². The smallest absolute Gasteiger partial charge is 0.182 e. The number of imidazole rings is 1. The van der Waals surface area contributed by atoms with Gasteiger partial charge in [0.1, 0.15) is 11.5 Å². The fraction of sp³-hybridized carbons (Fsp3) is 0.250. The molecule has 0 bridgehead atoms. The Morgan fingerprint density at radius 2 is 1.55 bits per heavy atom. The first-order valence-electron chi connectivity index (χ1n) is 10.3. The van der Waals surface area contributed by atoms with Crippen LogP contribution in [0.15, 0.2) is 67.0 Å². The molecule has 0 radical (unpaired) electrons. The monoisotopic (exact) mass is 383 g/mol. The first-order chi connectivity index (χ1) is 14.3. The molecule has 0 unspecified atom stereocenters. The van der Waals surface area contributed by atoms with Crippen LogP contribution in [0.4, 0.5) is 11.6 Å². The SMILES string of the molecule is Nc1nccn2c(NC3CCCCC3)c(-c3ccc(-c4ccccc4)cc3)nc12. The molecule has 1 saturated carbocycles. The predicted octanol–water partition coefficient (Wildman–Crippen LogP) is 5.39. The highest BCUT2D eigenvalue weighted by Crippen LogP contribution is 2.33. The van der Waals surface area contributed by atoms with Crippen LogP contribution in [0.1, 0.15) is 32.1 Å². The van der Waals surface area contributed by atoms with Gasteiger partial charge in [0.25, 0.3) is 0 Å². The minimum Gasteiger partial charge on any atom is -0.381 e. The molecule has 146 valence electrons. The number of anilines is 2. The van der Waals surface area contributed by atoms with Crippen molar-refractivity contribution in [2.24, 2.45) is 0 Å². The molecule has 5 rings (SSSR count). The number of rotatable bonds is 4. The first-order valence-corrected chi connectivity index (χ1v) is 10.3. The molecular formula is C24H25N5. The topological polar surface area (TPSA) is 68.2 Å². The molecule has 2 aromatic carbocycles. The van der Waals surface area contributed by atoms with Gasteiger partial charge in [-0.1, -0.05) is 73.9 Å². The number of nitrogens with two attached hydrogens (primary N) is 1. The van der Waals surface area contributed by atoms with Crippen molar-refractivity contribution in [2.75, 3.05) is 11.1 Å². The van der Waals surface area contributed by atoms with Gasteiger partial charge in [-0.3, -0.25) is 4.40 Å². The molecule has 1 aliphatic rings. The number of hydrogen-bond donors (Lipinski definition) is 2. The van der Waals surface area contributed by atoms with Crippen LogP contribution >= 0.6 is 0 Å². The van der Waals surface area contributed by atoms with E-state index in [1.807, 2.05) is 16.7 Å². The molecule has 2 heterocycles. The molecule has 29 heavy (non-hydrogen) atoms. The van der Waals surface area contributed by atoms with Crippen LogP contribution in [0, 0.1) is 0 Å². The van der Waals surface area contributed by atoms with E-state index in [-0.39, 0.29) is 0 Å². The van der Waals surface area contributed by atoms with Crippen LogP contribution < -0.4 is 11.1 Å². The van der Waals surface area contributed by atoms with Crippen LogP contribution in [-0.4, -0.2) is 20.4 Å². The number of hydrogen-bond acceptors (Lipinski definition) is 4. The summed E-state index contributed by atoms with van der Waals surface area (Å²) in [5.41, 5.74) is 11.2. The zero-order valence-corrected chi connectivity index (χ0v) is 16.4. The van der Waals surface area contributed by atoms with Crippen molar-refractivity contribution in [3.8, 4) is 22.4 Å². The van der Waals surface area contributed by atoms with Gasteiger partial charge in [0.05, 0.1) is 0 Å². The van der Waals surface area contributed by atoms with Crippen molar-refractivity contribution < 1.29 is 0 Å². The molecule has 4 aromatic rings. The molecule has 1 aliphatic carbocycles. The Morgan fingerprint density at radius 1 is 0.862 bits per heavy atom. The predicted molar refractivity (Wildman–Crippen MR) is 119 cm³/mol. The second-order valence-electron chi connectivity index (χ2n) is 7.74.